The van der Waals surface area contributed by atoms with Crippen LogP contribution in [0.25, 0.3) is 5.57 Å². The predicted octanol–water partition coefficient (Wildman–Crippen LogP) is 4.27. The molecule has 3 aliphatic rings. The summed E-state index contributed by atoms with van der Waals surface area (Å²) in [6.45, 7) is 3.24. The standard InChI is InChI=1S/C39H43BrFN3O7/c1-23-5-2-3-7-25(23)16-17-44(29-13-14-29)37(47)34-30(20-28-21-43(22-32(34)42-28)38(48)35(45)36(46)39(49)50)26-10-8-24(9-11-26)6-4-18-51-33-19-27(41)12-15-31(33)40/h2-3,5,7-12,15,19,28-29,32,35-36,42,45-46H,4,6,13-14,16-18,20-22H2,1H3,(H,49,50)/t28-,32-,35+,36-/m1/s1. The molecule has 6 rings (SSSR count). The second-order valence-electron chi connectivity index (χ2n) is 13.6. The lowest BCUT2D eigenvalue weighted by Gasteiger charge is -2.45. The van der Waals surface area contributed by atoms with E-state index in [0.717, 1.165) is 36.0 Å². The molecule has 0 radical (unpaired) electrons. The molecule has 2 fully saturated rings. The van der Waals surface area contributed by atoms with Gasteiger partial charge in [-0.05, 0) is 101 Å². The SMILES string of the molecule is Cc1ccccc1CCN(C(=O)C1=C(c2ccc(CCCOc3cc(F)ccc3Br)cc2)C[C@@H]2CN(C(=O)[C@@H](O)[C@@H](O)C(=O)O)C[C@H]1N2)C1CC1. The summed E-state index contributed by atoms with van der Waals surface area (Å²) < 4.78 is 20.1. The minimum atomic E-state index is -2.25. The van der Waals surface area contributed by atoms with Gasteiger partial charge in [0.25, 0.3) is 11.8 Å². The third kappa shape index (κ3) is 8.69. The Morgan fingerprint density at radius 1 is 1.02 bits per heavy atom. The fraction of sp³-hybridized carbons (Fsp3) is 0.410. The molecule has 2 amide bonds. The molecular weight excluding hydrogens is 721 g/mol. The quantitative estimate of drug-likeness (QED) is 0.179. The highest BCUT2D eigenvalue weighted by molar-refractivity contribution is 9.10. The van der Waals surface area contributed by atoms with Crippen LogP contribution < -0.4 is 10.1 Å². The molecule has 4 atom stereocenters. The number of aliphatic hydroxyl groups excluding tert-OH is 2. The first-order chi connectivity index (χ1) is 24.5. The lowest BCUT2D eigenvalue weighted by molar-refractivity contribution is -0.163. The van der Waals surface area contributed by atoms with Crippen LogP contribution in [0.2, 0.25) is 0 Å². The van der Waals surface area contributed by atoms with Crippen molar-refractivity contribution in [2.24, 2.45) is 0 Å². The maximum Gasteiger partial charge on any atom is 0.335 e. The van der Waals surface area contributed by atoms with Gasteiger partial charge in [-0.2, -0.15) is 0 Å². The number of nitrogens with zero attached hydrogens (tertiary/aromatic N) is 2. The van der Waals surface area contributed by atoms with Gasteiger partial charge in [0.2, 0.25) is 0 Å². The van der Waals surface area contributed by atoms with Crippen molar-refractivity contribution in [3.63, 3.8) is 0 Å². The Labute approximate surface area is 305 Å². The van der Waals surface area contributed by atoms with E-state index < -0.39 is 30.1 Å². The van der Waals surface area contributed by atoms with Crippen molar-refractivity contribution in [2.75, 3.05) is 26.2 Å². The van der Waals surface area contributed by atoms with Crippen LogP contribution in [0.5, 0.6) is 5.75 Å². The number of carboxylic acids is 1. The molecule has 2 bridgehead atoms. The molecule has 51 heavy (non-hydrogen) atoms. The molecule has 12 heteroatoms. The molecule has 3 aromatic carbocycles. The van der Waals surface area contributed by atoms with Crippen molar-refractivity contribution in [3.05, 3.63) is 105 Å². The molecule has 4 N–H and O–H groups in total. The second kappa shape index (κ2) is 16.1. The summed E-state index contributed by atoms with van der Waals surface area (Å²) in [4.78, 5) is 42.5. The Balaban J connectivity index is 1.24. The number of piperazine rings is 1. The fourth-order valence-electron chi connectivity index (χ4n) is 7.05. The number of aliphatic hydroxyl groups is 2. The lowest BCUT2D eigenvalue weighted by atomic mass is 9.82. The average molecular weight is 765 g/mol. The van der Waals surface area contributed by atoms with Gasteiger partial charge in [0.1, 0.15) is 11.6 Å². The number of hydrogen-bond donors (Lipinski definition) is 4. The molecule has 3 aromatic rings. The van der Waals surface area contributed by atoms with Gasteiger partial charge in [-0.1, -0.05) is 48.5 Å². The summed E-state index contributed by atoms with van der Waals surface area (Å²) in [6, 6.07) is 19.9. The van der Waals surface area contributed by atoms with Crippen molar-refractivity contribution in [1.29, 1.82) is 0 Å². The number of amides is 2. The second-order valence-corrected chi connectivity index (χ2v) is 14.5. The van der Waals surface area contributed by atoms with Crippen LogP contribution in [0, 0.1) is 12.7 Å². The van der Waals surface area contributed by atoms with Gasteiger partial charge < -0.3 is 35.2 Å². The maximum absolute atomic E-state index is 14.7. The number of aryl methyl sites for hydroxylation is 2. The maximum atomic E-state index is 14.7. The molecule has 270 valence electrons. The number of aliphatic carboxylic acids is 1. The Kier molecular flexibility index (Phi) is 11.6. The highest BCUT2D eigenvalue weighted by atomic mass is 79.9. The molecule has 1 saturated carbocycles. The van der Waals surface area contributed by atoms with E-state index in [1.54, 1.807) is 6.07 Å². The zero-order chi connectivity index (χ0) is 36.2. The molecule has 2 heterocycles. The van der Waals surface area contributed by atoms with Crippen LogP contribution in [-0.2, 0) is 27.2 Å². The molecule has 0 spiro atoms. The zero-order valence-corrected chi connectivity index (χ0v) is 30.0. The zero-order valence-electron chi connectivity index (χ0n) is 28.4. The average Bonchev–Trinajstić information content (AvgIpc) is 3.96. The minimum Gasteiger partial charge on any atom is -0.492 e. The van der Waals surface area contributed by atoms with Crippen molar-refractivity contribution >= 4 is 39.3 Å². The van der Waals surface area contributed by atoms with E-state index in [2.05, 4.69) is 40.3 Å². The molecule has 1 saturated heterocycles. The molecule has 0 aromatic heterocycles. The van der Waals surface area contributed by atoms with Gasteiger partial charge in [0.15, 0.2) is 12.2 Å². The van der Waals surface area contributed by atoms with Crippen molar-refractivity contribution in [2.45, 2.75) is 75.8 Å². The minimum absolute atomic E-state index is 0.0408. The van der Waals surface area contributed by atoms with Crippen molar-refractivity contribution in [3.8, 4) is 5.75 Å². The van der Waals surface area contributed by atoms with Crippen LogP contribution in [0.4, 0.5) is 4.39 Å². The highest BCUT2D eigenvalue weighted by Crippen LogP contribution is 2.37. The van der Waals surface area contributed by atoms with Gasteiger partial charge in [0.05, 0.1) is 17.1 Å². The lowest BCUT2D eigenvalue weighted by Crippen LogP contribution is -2.64. The number of carbonyl (C=O) groups is 3. The number of halogens is 2. The Hall–Kier alpha value is -4.10. The van der Waals surface area contributed by atoms with Crippen LogP contribution >= 0.6 is 15.9 Å². The monoisotopic (exact) mass is 763 g/mol. The Morgan fingerprint density at radius 2 is 1.76 bits per heavy atom. The van der Waals surface area contributed by atoms with E-state index in [1.807, 2.05) is 41.3 Å². The van der Waals surface area contributed by atoms with Gasteiger partial charge in [-0.25, -0.2) is 9.18 Å². The summed E-state index contributed by atoms with van der Waals surface area (Å²) in [7, 11) is 0. The number of fused-ring (bicyclic) bond motifs is 2. The van der Waals surface area contributed by atoms with Crippen molar-refractivity contribution in [1.82, 2.24) is 15.1 Å². The highest BCUT2D eigenvalue weighted by Gasteiger charge is 2.45. The van der Waals surface area contributed by atoms with E-state index in [-0.39, 0.29) is 36.9 Å². The first-order valence-corrected chi connectivity index (χ1v) is 18.2. The summed E-state index contributed by atoms with van der Waals surface area (Å²) in [5.74, 6) is -2.57. The molecular formula is C39H43BrFN3O7. The number of ether oxygens (including phenoxy) is 1. The third-order valence-electron chi connectivity index (χ3n) is 9.95. The van der Waals surface area contributed by atoms with Crippen LogP contribution in [-0.4, -0.2) is 99.5 Å². The Morgan fingerprint density at radius 3 is 2.47 bits per heavy atom. The molecule has 0 unspecified atom stereocenters. The molecule has 10 nitrogen and oxygen atoms in total. The van der Waals surface area contributed by atoms with Gasteiger partial charge in [-0.15, -0.1) is 0 Å². The van der Waals surface area contributed by atoms with Crippen LogP contribution in [0.15, 0.2) is 76.8 Å². The summed E-state index contributed by atoms with van der Waals surface area (Å²) in [5, 5.41) is 33.0. The number of benzene rings is 3. The number of rotatable bonds is 14. The number of carboxylic acid groups (broad SMARTS) is 1. The predicted molar refractivity (Wildman–Crippen MR) is 192 cm³/mol. The van der Waals surface area contributed by atoms with E-state index in [4.69, 9.17) is 4.74 Å². The third-order valence-corrected chi connectivity index (χ3v) is 10.6. The van der Waals surface area contributed by atoms with E-state index in [1.165, 1.54) is 28.2 Å². The van der Waals surface area contributed by atoms with E-state index in [0.29, 0.717) is 48.2 Å². The number of carbonyl (C=O) groups excluding carboxylic acids is 2. The first kappa shape index (κ1) is 36.7. The fourth-order valence-corrected chi connectivity index (χ4v) is 7.41. The summed E-state index contributed by atoms with van der Waals surface area (Å²) >= 11 is 3.39. The van der Waals surface area contributed by atoms with E-state index >= 15 is 0 Å². The molecule has 2 aliphatic heterocycles. The number of hydrogen-bond acceptors (Lipinski definition) is 7. The normalized spacial score (nSPS) is 19.7. The Bertz CT molecular complexity index is 1800. The van der Waals surface area contributed by atoms with Crippen molar-refractivity contribution < 1.29 is 38.8 Å². The number of nitrogens with one attached hydrogen (secondary N) is 1. The van der Waals surface area contributed by atoms with Crippen LogP contribution in [0.3, 0.4) is 0 Å². The largest absolute Gasteiger partial charge is 0.492 e. The van der Waals surface area contributed by atoms with E-state index in [9.17, 15) is 34.1 Å². The van der Waals surface area contributed by atoms with Gasteiger partial charge >= 0.3 is 5.97 Å². The molecule has 1 aliphatic carbocycles. The summed E-state index contributed by atoms with van der Waals surface area (Å²) in [6.07, 6.45) is 0.0611. The first-order valence-electron chi connectivity index (χ1n) is 17.4. The van der Waals surface area contributed by atoms with Gasteiger partial charge in [-0.3, -0.25) is 9.59 Å². The van der Waals surface area contributed by atoms with Gasteiger partial charge in [0, 0.05) is 43.4 Å². The topological polar surface area (TPSA) is 140 Å². The summed E-state index contributed by atoms with van der Waals surface area (Å²) in [5.41, 5.74) is 5.81. The van der Waals surface area contributed by atoms with Crippen LogP contribution in [0.1, 0.15) is 47.9 Å². The smallest absolute Gasteiger partial charge is 0.335 e.